The van der Waals surface area contributed by atoms with Crippen LogP contribution in [0, 0.1) is 0 Å². The van der Waals surface area contributed by atoms with Gasteiger partial charge in [0.2, 0.25) is 5.91 Å². The number of rotatable bonds is 2. The van der Waals surface area contributed by atoms with E-state index in [0.29, 0.717) is 17.1 Å². The Morgan fingerprint density at radius 2 is 1.90 bits per heavy atom. The molecule has 0 aliphatic carbocycles. The fourth-order valence-electron chi connectivity index (χ4n) is 3.18. The molecule has 1 atom stereocenters. The molecule has 6 heteroatoms. The maximum atomic E-state index is 12.6. The number of anilines is 1. The summed E-state index contributed by atoms with van der Waals surface area (Å²) in [5, 5.41) is 0.534. The molecular weight excluding hydrogens is 290 g/mol. The van der Waals surface area contributed by atoms with Crippen molar-refractivity contribution in [2.24, 2.45) is 0 Å². The van der Waals surface area contributed by atoms with Crippen LogP contribution in [0.5, 0.6) is 0 Å². The first-order valence-electron chi connectivity index (χ1n) is 7.34. The lowest BCUT2D eigenvalue weighted by molar-refractivity contribution is -1.01. The van der Waals surface area contributed by atoms with E-state index in [2.05, 4.69) is 7.05 Å². The SMILES string of the molecule is C[NH+]1CC[NH+]([C@H]2CC(=O)N(c3cccc(Cl)c3)C2=O)CC1. The predicted molar refractivity (Wildman–Crippen MR) is 79.7 cm³/mol. The van der Waals surface area contributed by atoms with E-state index in [1.807, 2.05) is 0 Å². The Morgan fingerprint density at radius 3 is 2.57 bits per heavy atom. The van der Waals surface area contributed by atoms with Crippen LogP contribution in [-0.4, -0.2) is 51.1 Å². The molecule has 2 fully saturated rings. The van der Waals surface area contributed by atoms with Crippen LogP contribution >= 0.6 is 11.6 Å². The summed E-state index contributed by atoms with van der Waals surface area (Å²) in [5.74, 6) is -0.206. The van der Waals surface area contributed by atoms with Crippen molar-refractivity contribution in [3.8, 4) is 0 Å². The van der Waals surface area contributed by atoms with Gasteiger partial charge in [0.15, 0.2) is 6.04 Å². The second kappa shape index (κ2) is 5.75. The Labute approximate surface area is 129 Å². The van der Waals surface area contributed by atoms with Gasteiger partial charge < -0.3 is 9.80 Å². The summed E-state index contributed by atoms with van der Waals surface area (Å²) in [4.78, 5) is 28.9. The van der Waals surface area contributed by atoms with E-state index in [-0.39, 0.29) is 17.9 Å². The summed E-state index contributed by atoms with van der Waals surface area (Å²) in [6, 6.07) is 6.70. The molecule has 0 spiro atoms. The first-order valence-corrected chi connectivity index (χ1v) is 7.72. The van der Waals surface area contributed by atoms with Crippen LogP contribution in [-0.2, 0) is 9.59 Å². The van der Waals surface area contributed by atoms with E-state index in [0.717, 1.165) is 26.2 Å². The molecule has 2 aliphatic heterocycles. The number of quaternary nitrogens is 2. The van der Waals surface area contributed by atoms with Gasteiger partial charge in [-0.3, -0.25) is 9.59 Å². The lowest BCUT2D eigenvalue weighted by atomic mass is 10.2. The molecule has 112 valence electrons. The Kier molecular flexibility index (Phi) is 3.97. The number of imide groups is 1. The van der Waals surface area contributed by atoms with Crippen molar-refractivity contribution < 1.29 is 19.4 Å². The molecule has 21 heavy (non-hydrogen) atoms. The van der Waals surface area contributed by atoms with Gasteiger partial charge in [0.1, 0.15) is 26.2 Å². The minimum atomic E-state index is -0.232. The summed E-state index contributed by atoms with van der Waals surface area (Å²) in [5.41, 5.74) is 0.583. The average molecular weight is 310 g/mol. The van der Waals surface area contributed by atoms with Gasteiger partial charge in [-0.05, 0) is 18.2 Å². The van der Waals surface area contributed by atoms with E-state index < -0.39 is 0 Å². The number of nitrogens with zero attached hydrogens (tertiary/aromatic N) is 1. The van der Waals surface area contributed by atoms with Crippen molar-refractivity contribution in [3.05, 3.63) is 29.3 Å². The van der Waals surface area contributed by atoms with Crippen LogP contribution in [0.3, 0.4) is 0 Å². The number of piperazine rings is 1. The van der Waals surface area contributed by atoms with Gasteiger partial charge in [0.05, 0.1) is 19.2 Å². The summed E-state index contributed by atoms with van der Waals surface area (Å²) >= 11 is 5.96. The molecular formula is C15H20ClN3O2+2. The van der Waals surface area contributed by atoms with Crippen LogP contribution < -0.4 is 14.7 Å². The molecule has 0 unspecified atom stereocenters. The Balaban J connectivity index is 1.79. The molecule has 2 amide bonds. The van der Waals surface area contributed by atoms with E-state index in [1.54, 1.807) is 24.3 Å². The highest BCUT2D eigenvalue weighted by Crippen LogP contribution is 2.24. The summed E-state index contributed by atoms with van der Waals surface area (Å²) in [6.07, 6.45) is 0.305. The average Bonchev–Trinajstić information content (AvgIpc) is 2.75. The molecule has 2 saturated heterocycles. The molecule has 2 heterocycles. The molecule has 0 bridgehead atoms. The van der Waals surface area contributed by atoms with Gasteiger partial charge in [-0.2, -0.15) is 0 Å². The smallest absolute Gasteiger partial charge is 0.292 e. The summed E-state index contributed by atoms with van der Waals surface area (Å²) in [6.45, 7) is 3.98. The number of halogens is 1. The standard InChI is InChI=1S/C15H18ClN3O2/c1-17-5-7-18(8-6-17)13-10-14(20)19(15(13)21)12-4-2-3-11(16)9-12/h2-4,9,13H,5-8,10H2,1H3/p+2/t13-/m0/s1. The van der Waals surface area contributed by atoms with E-state index in [1.165, 1.54) is 14.7 Å². The minimum absolute atomic E-state index is 0.0863. The number of hydrogen-bond donors (Lipinski definition) is 2. The zero-order valence-electron chi connectivity index (χ0n) is 12.1. The molecule has 0 aromatic heterocycles. The molecule has 0 radical (unpaired) electrons. The van der Waals surface area contributed by atoms with Crippen LogP contribution in [0.2, 0.25) is 5.02 Å². The van der Waals surface area contributed by atoms with Crippen LogP contribution in [0.15, 0.2) is 24.3 Å². The van der Waals surface area contributed by atoms with E-state index in [9.17, 15) is 9.59 Å². The topological polar surface area (TPSA) is 46.3 Å². The van der Waals surface area contributed by atoms with Crippen molar-refractivity contribution in [2.45, 2.75) is 12.5 Å². The van der Waals surface area contributed by atoms with Crippen molar-refractivity contribution in [1.82, 2.24) is 0 Å². The number of benzene rings is 1. The quantitative estimate of drug-likeness (QED) is 0.646. The highest BCUT2D eigenvalue weighted by Gasteiger charge is 2.46. The molecule has 3 rings (SSSR count). The zero-order valence-corrected chi connectivity index (χ0v) is 12.8. The van der Waals surface area contributed by atoms with Crippen molar-refractivity contribution in [1.29, 1.82) is 0 Å². The van der Waals surface area contributed by atoms with Gasteiger partial charge in [-0.1, -0.05) is 17.7 Å². The zero-order chi connectivity index (χ0) is 15.0. The number of hydrogen-bond acceptors (Lipinski definition) is 2. The third-order valence-electron chi connectivity index (χ3n) is 4.45. The number of carbonyl (C=O) groups excluding carboxylic acids is 2. The van der Waals surface area contributed by atoms with Gasteiger partial charge in [-0.15, -0.1) is 0 Å². The van der Waals surface area contributed by atoms with Crippen molar-refractivity contribution in [3.63, 3.8) is 0 Å². The van der Waals surface area contributed by atoms with Crippen LogP contribution in [0.25, 0.3) is 0 Å². The van der Waals surface area contributed by atoms with Gasteiger partial charge in [0.25, 0.3) is 5.91 Å². The van der Waals surface area contributed by atoms with Crippen molar-refractivity contribution >= 4 is 29.1 Å². The Morgan fingerprint density at radius 1 is 1.19 bits per heavy atom. The maximum absolute atomic E-state index is 12.6. The van der Waals surface area contributed by atoms with E-state index in [4.69, 9.17) is 11.6 Å². The van der Waals surface area contributed by atoms with Gasteiger partial charge in [0, 0.05) is 5.02 Å². The first-order chi connectivity index (χ1) is 10.1. The minimum Gasteiger partial charge on any atom is -0.328 e. The summed E-state index contributed by atoms with van der Waals surface area (Å²) in [7, 11) is 2.16. The van der Waals surface area contributed by atoms with Crippen molar-refractivity contribution in [2.75, 3.05) is 38.1 Å². The molecule has 1 aromatic rings. The Bertz CT molecular complexity index is 570. The van der Waals surface area contributed by atoms with E-state index >= 15 is 0 Å². The lowest BCUT2D eigenvalue weighted by Crippen LogP contribution is -3.29. The monoisotopic (exact) mass is 309 g/mol. The fourth-order valence-corrected chi connectivity index (χ4v) is 3.37. The third-order valence-corrected chi connectivity index (χ3v) is 4.69. The first kappa shape index (κ1) is 14.5. The maximum Gasteiger partial charge on any atom is 0.292 e. The highest BCUT2D eigenvalue weighted by atomic mass is 35.5. The van der Waals surface area contributed by atoms with Crippen LogP contribution in [0.4, 0.5) is 5.69 Å². The second-order valence-corrected chi connectivity index (χ2v) is 6.36. The fraction of sp³-hybridized carbons (Fsp3) is 0.467. The lowest BCUT2D eigenvalue weighted by Gasteiger charge is -2.30. The number of nitrogens with one attached hydrogen (secondary N) is 2. The molecule has 0 saturated carbocycles. The number of likely N-dealkylation sites (N-methyl/N-ethyl adjacent to an activating group) is 1. The molecule has 1 aromatic carbocycles. The summed E-state index contributed by atoms with van der Waals surface area (Å²) < 4.78 is 0. The molecule has 5 nitrogen and oxygen atoms in total. The Hall–Kier alpha value is -1.43. The van der Waals surface area contributed by atoms with Gasteiger partial charge in [-0.25, -0.2) is 4.90 Å². The normalized spacial score (nSPS) is 30.0. The predicted octanol–water partition coefficient (Wildman–Crippen LogP) is -1.61. The highest BCUT2D eigenvalue weighted by molar-refractivity contribution is 6.31. The van der Waals surface area contributed by atoms with Crippen LogP contribution in [0.1, 0.15) is 6.42 Å². The number of carbonyl (C=O) groups is 2. The second-order valence-electron chi connectivity index (χ2n) is 5.92. The molecule has 2 aliphatic rings. The number of amides is 2. The third kappa shape index (κ3) is 2.81. The van der Waals surface area contributed by atoms with Gasteiger partial charge >= 0.3 is 0 Å². The molecule has 2 N–H and O–H groups in total. The largest absolute Gasteiger partial charge is 0.328 e.